The van der Waals surface area contributed by atoms with E-state index in [-0.39, 0.29) is 0 Å². The molecule has 2 saturated heterocycles. The van der Waals surface area contributed by atoms with E-state index in [0.29, 0.717) is 5.41 Å². The van der Waals surface area contributed by atoms with Crippen LogP contribution in [-0.2, 0) is 0 Å². The van der Waals surface area contributed by atoms with Crippen LogP contribution in [0.15, 0.2) is 0 Å². The van der Waals surface area contributed by atoms with E-state index >= 15 is 0 Å². The number of hydrogen-bond acceptors (Lipinski definition) is 5. The lowest BCUT2D eigenvalue weighted by Gasteiger charge is -2.54. The van der Waals surface area contributed by atoms with Gasteiger partial charge in [0.25, 0.3) is 0 Å². The first kappa shape index (κ1) is 17.2. The first-order valence-electron chi connectivity index (χ1n) is 8.62. The maximum atomic E-state index is 10.8. The predicted molar refractivity (Wildman–Crippen MR) is 86.9 cm³/mol. The predicted octanol–water partition coefficient (Wildman–Crippen LogP) is 0.741. The molecule has 0 radical (unpaired) electrons. The molecule has 3 aliphatic rings. The summed E-state index contributed by atoms with van der Waals surface area (Å²) in [6.07, 6.45) is 4.35. The SMILES string of the molecule is CC.CN1CC2(CCC(O)(CN3CCN(N)CC3)CC2)C1. The second-order valence-electron chi connectivity index (χ2n) is 7.21. The molecule has 5 nitrogen and oxygen atoms in total. The molecule has 3 rings (SSSR count). The van der Waals surface area contributed by atoms with Crippen LogP contribution in [0.5, 0.6) is 0 Å². The van der Waals surface area contributed by atoms with E-state index < -0.39 is 5.60 Å². The molecule has 0 bridgehead atoms. The zero-order valence-electron chi connectivity index (χ0n) is 14.1. The molecule has 5 heteroatoms. The Morgan fingerprint density at radius 3 is 1.95 bits per heavy atom. The summed E-state index contributed by atoms with van der Waals surface area (Å²) in [4.78, 5) is 4.78. The van der Waals surface area contributed by atoms with Crippen molar-refractivity contribution < 1.29 is 5.11 Å². The second-order valence-corrected chi connectivity index (χ2v) is 7.21. The number of likely N-dealkylation sites (tertiary alicyclic amines) is 1. The van der Waals surface area contributed by atoms with Gasteiger partial charge in [-0.3, -0.25) is 10.7 Å². The van der Waals surface area contributed by atoms with Gasteiger partial charge >= 0.3 is 0 Å². The lowest BCUT2D eigenvalue weighted by Crippen LogP contribution is -2.60. The third-order valence-corrected chi connectivity index (χ3v) is 5.38. The van der Waals surface area contributed by atoms with Crippen LogP contribution in [0.25, 0.3) is 0 Å². The highest BCUT2D eigenvalue weighted by Crippen LogP contribution is 2.46. The first-order chi connectivity index (χ1) is 9.99. The van der Waals surface area contributed by atoms with E-state index in [1.807, 2.05) is 18.9 Å². The summed E-state index contributed by atoms with van der Waals surface area (Å²) in [6, 6.07) is 0. The van der Waals surface area contributed by atoms with E-state index in [0.717, 1.165) is 45.6 Å². The fraction of sp³-hybridized carbons (Fsp3) is 1.00. The van der Waals surface area contributed by atoms with Gasteiger partial charge in [0.05, 0.1) is 5.60 Å². The Bertz CT molecular complexity index is 312. The normalized spacial score (nSPS) is 29.6. The van der Waals surface area contributed by atoms with Gasteiger partial charge in [0.1, 0.15) is 0 Å². The molecular weight excluding hydrogens is 264 g/mol. The molecular formula is C16H34N4O. The molecule has 0 amide bonds. The lowest BCUT2D eigenvalue weighted by molar-refractivity contribution is -0.0990. The summed E-state index contributed by atoms with van der Waals surface area (Å²) in [6.45, 7) is 11.1. The van der Waals surface area contributed by atoms with Crippen molar-refractivity contribution in [3.63, 3.8) is 0 Å². The number of β-amino-alcohol motifs (C(OH)–C–C–N with tert-alkyl or cyclic N) is 1. The van der Waals surface area contributed by atoms with Crippen LogP contribution in [0.1, 0.15) is 39.5 Å². The Morgan fingerprint density at radius 2 is 1.48 bits per heavy atom. The molecule has 2 heterocycles. The van der Waals surface area contributed by atoms with Gasteiger partial charge in [-0.25, -0.2) is 5.01 Å². The fourth-order valence-corrected chi connectivity index (χ4v) is 4.16. The minimum Gasteiger partial charge on any atom is -0.389 e. The summed E-state index contributed by atoms with van der Waals surface area (Å²) in [5.41, 5.74) is 0.0904. The van der Waals surface area contributed by atoms with Crippen LogP contribution in [-0.4, -0.2) is 78.4 Å². The van der Waals surface area contributed by atoms with E-state index in [2.05, 4.69) is 16.8 Å². The van der Waals surface area contributed by atoms with Gasteiger partial charge in [-0.05, 0) is 38.1 Å². The number of piperazine rings is 1. The van der Waals surface area contributed by atoms with Gasteiger partial charge in [-0.2, -0.15) is 0 Å². The zero-order chi connectivity index (χ0) is 15.5. The molecule has 0 atom stereocenters. The molecule has 3 fully saturated rings. The highest BCUT2D eigenvalue weighted by molar-refractivity contribution is 5.01. The second kappa shape index (κ2) is 6.92. The van der Waals surface area contributed by atoms with Crippen molar-refractivity contribution in [3.8, 4) is 0 Å². The highest BCUT2D eigenvalue weighted by Gasteiger charge is 2.47. The van der Waals surface area contributed by atoms with Crippen molar-refractivity contribution in [2.45, 2.75) is 45.1 Å². The standard InChI is InChI=1S/C14H28N4O.C2H6/c1-16-10-13(11-16)2-4-14(19,5-3-13)12-17-6-8-18(15)9-7-17;1-2/h19H,2-12,15H2,1H3;1-2H3. The van der Waals surface area contributed by atoms with Crippen molar-refractivity contribution in [1.29, 1.82) is 0 Å². The zero-order valence-corrected chi connectivity index (χ0v) is 14.1. The summed E-state index contributed by atoms with van der Waals surface area (Å²) in [5.74, 6) is 5.78. The van der Waals surface area contributed by atoms with E-state index in [9.17, 15) is 5.11 Å². The average molecular weight is 298 g/mol. The molecule has 0 aromatic rings. The quantitative estimate of drug-likeness (QED) is 0.737. The van der Waals surface area contributed by atoms with Gasteiger partial charge in [0.15, 0.2) is 0 Å². The molecule has 124 valence electrons. The highest BCUT2D eigenvalue weighted by atomic mass is 16.3. The van der Waals surface area contributed by atoms with Crippen LogP contribution >= 0.6 is 0 Å². The van der Waals surface area contributed by atoms with E-state index in [1.54, 1.807) is 0 Å². The monoisotopic (exact) mass is 298 g/mol. The number of nitrogens with two attached hydrogens (primary N) is 1. The van der Waals surface area contributed by atoms with E-state index in [1.165, 1.54) is 25.9 Å². The van der Waals surface area contributed by atoms with Gasteiger partial charge in [-0.1, -0.05) is 13.8 Å². The third kappa shape index (κ3) is 4.17. The molecule has 0 aromatic heterocycles. The fourth-order valence-electron chi connectivity index (χ4n) is 4.16. The Morgan fingerprint density at radius 1 is 0.952 bits per heavy atom. The minimum absolute atomic E-state index is 0.448. The first-order valence-corrected chi connectivity index (χ1v) is 8.62. The van der Waals surface area contributed by atoms with Crippen molar-refractivity contribution in [2.75, 3.05) is 52.9 Å². The summed E-state index contributed by atoms with van der Waals surface area (Å²) < 4.78 is 0. The summed E-state index contributed by atoms with van der Waals surface area (Å²) >= 11 is 0. The van der Waals surface area contributed by atoms with Crippen LogP contribution in [0.3, 0.4) is 0 Å². The van der Waals surface area contributed by atoms with Crippen molar-refractivity contribution in [3.05, 3.63) is 0 Å². The number of aliphatic hydroxyl groups is 1. The number of hydrogen-bond donors (Lipinski definition) is 2. The largest absolute Gasteiger partial charge is 0.389 e. The molecule has 21 heavy (non-hydrogen) atoms. The van der Waals surface area contributed by atoms with Crippen molar-refractivity contribution >= 4 is 0 Å². The Labute approximate surface area is 130 Å². The van der Waals surface area contributed by atoms with Gasteiger partial charge < -0.3 is 10.0 Å². The van der Waals surface area contributed by atoms with E-state index in [4.69, 9.17) is 5.84 Å². The number of rotatable bonds is 2. The molecule has 2 aliphatic heterocycles. The molecule has 1 spiro atoms. The van der Waals surface area contributed by atoms with Crippen LogP contribution in [0.2, 0.25) is 0 Å². The van der Waals surface area contributed by atoms with Gasteiger partial charge in [-0.15, -0.1) is 0 Å². The molecule has 3 N–H and O–H groups in total. The number of hydrazine groups is 1. The Balaban J connectivity index is 0.000000774. The minimum atomic E-state index is -0.448. The topological polar surface area (TPSA) is 56.0 Å². The van der Waals surface area contributed by atoms with Gasteiger partial charge in [0.2, 0.25) is 0 Å². The summed E-state index contributed by atoms with van der Waals surface area (Å²) in [7, 11) is 2.19. The lowest BCUT2D eigenvalue weighted by atomic mass is 9.64. The Kier molecular flexibility index (Phi) is 5.65. The van der Waals surface area contributed by atoms with Crippen molar-refractivity contribution in [2.24, 2.45) is 11.3 Å². The third-order valence-electron chi connectivity index (χ3n) is 5.38. The molecule has 1 saturated carbocycles. The summed E-state index contributed by atoms with van der Waals surface area (Å²) in [5, 5.41) is 12.7. The molecule has 1 aliphatic carbocycles. The smallest absolute Gasteiger partial charge is 0.0774 e. The van der Waals surface area contributed by atoms with Crippen molar-refractivity contribution in [1.82, 2.24) is 14.8 Å². The van der Waals surface area contributed by atoms with Crippen LogP contribution in [0.4, 0.5) is 0 Å². The number of nitrogens with zero attached hydrogens (tertiary/aromatic N) is 3. The van der Waals surface area contributed by atoms with Gasteiger partial charge in [0, 0.05) is 45.8 Å². The maximum absolute atomic E-state index is 10.8. The maximum Gasteiger partial charge on any atom is 0.0774 e. The molecule has 0 unspecified atom stereocenters. The molecule has 0 aromatic carbocycles. The van der Waals surface area contributed by atoms with Crippen LogP contribution < -0.4 is 5.84 Å². The van der Waals surface area contributed by atoms with Crippen LogP contribution in [0, 0.1) is 5.41 Å². The Hall–Kier alpha value is -0.200. The average Bonchev–Trinajstić information content (AvgIpc) is 2.45.